The van der Waals surface area contributed by atoms with Crippen molar-refractivity contribution in [3.8, 4) is 0 Å². The van der Waals surface area contributed by atoms with Crippen LogP contribution in [-0.4, -0.2) is 48.9 Å². The van der Waals surface area contributed by atoms with Crippen LogP contribution >= 0.6 is 11.8 Å². The van der Waals surface area contributed by atoms with E-state index < -0.39 is 0 Å². The second kappa shape index (κ2) is 11.2. The monoisotopic (exact) mass is 249 g/mol. The number of hydrogen-bond donors (Lipinski definition) is 2. The minimum absolute atomic E-state index is 0.160. The van der Waals surface area contributed by atoms with Gasteiger partial charge in [0, 0.05) is 24.2 Å². The van der Waals surface area contributed by atoms with E-state index in [0.717, 1.165) is 30.9 Å². The highest BCUT2D eigenvalue weighted by molar-refractivity contribution is 7.99. The Kier molecular flexibility index (Phi) is 11.0. The quantitative estimate of drug-likeness (QED) is 0.447. The fourth-order valence-electron chi connectivity index (χ4n) is 1.23. The van der Waals surface area contributed by atoms with Crippen molar-refractivity contribution in [2.24, 2.45) is 0 Å². The molecule has 0 aromatic carbocycles. The number of rotatable bonds is 10. The van der Waals surface area contributed by atoms with E-state index in [1.807, 2.05) is 0 Å². The molecule has 0 aliphatic heterocycles. The van der Waals surface area contributed by atoms with Crippen molar-refractivity contribution in [1.82, 2.24) is 5.32 Å². The first-order valence-corrected chi connectivity index (χ1v) is 6.88. The van der Waals surface area contributed by atoms with Gasteiger partial charge >= 0.3 is 5.97 Å². The fraction of sp³-hybridized carbons (Fsp3) is 0.909. The molecule has 0 aromatic heterocycles. The second-order valence-electron chi connectivity index (χ2n) is 3.56. The van der Waals surface area contributed by atoms with Crippen molar-refractivity contribution < 1.29 is 14.6 Å². The standard InChI is InChI=1S/C11H23NO3S/c1-3-6-12-10(4-7-13)9-16-8-5-11(14)15-2/h10,12-13H,3-9H2,1-2H3. The van der Waals surface area contributed by atoms with Crippen LogP contribution in [0.1, 0.15) is 26.2 Å². The lowest BCUT2D eigenvalue weighted by atomic mass is 10.2. The summed E-state index contributed by atoms with van der Waals surface area (Å²) in [6.07, 6.45) is 2.32. The maximum atomic E-state index is 10.9. The van der Waals surface area contributed by atoms with Crippen LogP contribution in [-0.2, 0) is 9.53 Å². The van der Waals surface area contributed by atoms with Crippen molar-refractivity contribution in [2.75, 3.05) is 31.8 Å². The summed E-state index contributed by atoms with van der Waals surface area (Å²) in [7, 11) is 1.41. The van der Waals surface area contributed by atoms with Crippen LogP contribution in [0.3, 0.4) is 0 Å². The van der Waals surface area contributed by atoms with Gasteiger partial charge in [-0.2, -0.15) is 11.8 Å². The van der Waals surface area contributed by atoms with Crippen molar-refractivity contribution >= 4 is 17.7 Å². The average molecular weight is 249 g/mol. The molecule has 96 valence electrons. The third-order valence-electron chi connectivity index (χ3n) is 2.16. The molecule has 0 amide bonds. The van der Waals surface area contributed by atoms with E-state index in [-0.39, 0.29) is 12.6 Å². The SMILES string of the molecule is CCCNC(CCO)CSCCC(=O)OC. The smallest absolute Gasteiger partial charge is 0.306 e. The highest BCUT2D eigenvalue weighted by Crippen LogP contribution is 2.07. The van der Waals surface area contributed by atoms with Gasteiger partial charge in [-0.05, 0) is 19.4 Å². The van der Waals surface area contributed by atoms with Crippen LogP contribution in [0.25, 0.3) is 0 Å². The molecule has 1 atom stereocenters. The molecule has 0 aliphatic rings. The lowest BCUT2D eigenvalue weighted by Crippen LogP contribution is -2.33. The Hall–Kier alpha value is -0.260. The molecule has 4 nitrogen and oxygen atoms in total. The number of aliphatic hydroxyl groups excluding tert-OH is 1. The topological polar surface area (TPSA) is 58.6 Å². The predicted octanol–water partition coefficient (Wildman–Crippen LogP) is 1.03. The summed E-state index contributed by atoms with van der Waals surface area (Å²) in [5.74, 6) is 1.55. The number of ether oxygens (including phenoxy) is 1. The number of methoxy groups -OCH3 is 1. The van der Waals surface area contributed by atoms with Gasteiger partial charge in [0.15, 0.2) is 0 Å². The van der Waals surface area contributed by atoms with Gasteiger partial charge in [0.2, 0.25) is 0 Å². The molecule has 0 aromatic rings. The maximum Gasteiger partial charge on any atom is 0.306 e. The molecule has 0 saturated carbocycles. The van der Waals surface area contributed by atoms with Gasteiger partial charge in [0.1, 0.15) is 0 Å². The molecule has 0 spiro atoms. The summed E-state index contributed by atoms with van der Waals surface area (Å²) >= 11 is 1.72. The molecule has 0 rings (SSSR count). The molecular formula is C11H23NO3S. The van der Waals surface area contributed by atoms with Crippen LogP contribution in [0.5, 0.6) is 0 Å². The molecule has 5 heteroatoms. The summed E-state index contributed by atoms with van der Waals surface area (Å²) in [4.78, 5) is 10.9. The molecule has 0 fully saturated rings. The lowest BCUT2D eigenvalue weighted by Gasteiger charge is -2.16. The molecule has 1 unspecified atom stereocenters. The highest BCUT2D eigenvalue weighted by atomic mass is 32.2. The van der Waals surface area contributed by atoms with Gasteiger partial charge in [-0.25, -0.2) is 0 Å². The summed E-state index contributed by atoms with van der Waals surface area (Å²) in [6, 6.07) is 0.340. The van der Waals surface area contributed by atoms with Gasteiger partial charge in [0.05, 0.1) is 13.5 Å². The van der Waals surface area contributed by atoms with E-state index in [4.69, 9.17) is 5.11 Å². The Morgan fingerprint density at radius 2 is 2.31 bits per heavy atom. The van der Waals surface area contributed by atoms with E-state index >= 15 is 0 Å². The van der Waals surface area contributed by atoms with Crippen LogP contribution in [0.2, 0.25) is 0 Å². The zero-order valence-corrected chi connectivity index (χ0v) is 11.0. The number of carbonyl (C=O) groups is 1. The minimum Gasteiger partial charge on any atom is -0.469 e. The van der Waals surface area contributed by atoms with Crippen molar-refractivity contribution in [3.05, 3.63) is 0 Å². The Morgan fingerprint density at radius 3 is 2.88 bits per heavy atom. The van der Waals surface area contributed by atoms with Crippen LogP contribution < -0.4 is 5.32 Å². The predicted molar refractivity (Wildman–Crippen MR) is 67.7 cm³/mol. The first kappa shape index (κ1) is 15.7. The summed E-state index contributed by atoms with van der Waals surface area (Å²) in [6.45, 7) is 3.30. The Morgan fingerprint density at radius 1 is 1.56 bits per heavy atom. The number of esters is 1. The summed E-state index contributed by atoms with van der Waals surface area (Å²) < 4.78 is 4.56. The Bertz CT molecular complexity index is 179. The third kappa shape index (κ3) is 9.00. The molecule has 0 saturated heterocycles. The second-order valence-corrected chi connectivity index (χ2v) is 4.71. The van der Waals surface area contributed by atoms with Crippen LogP contribution in [0, 0.1) is 0 Å². The zero-order valence-electron chi connectivity index (χ0n) is 10.2. The minimum atomic E-state index is -0.160. The Labute approximate surface area is 102 Å². The van der Waals surface area contributed by atoms with E-state index in [0.29, 0.717) is 12.5 Å². The number of carbonyl (C=O) groups excluding carboxylic acids is 1. The molecule has 2 N–H and O–H groups in total. The number of nitrogens with one attached hydrogen (secondary N) is 1. The lowest BCUT2D eigenvalue weighted by molar-refractivity contribution is -0.140. The highest BCUT2D eigenvalue weighted by Gasteiger charge is 2.07. The van der Waals surface area contributed by atoms with Crippen molar-refractivity contribution in [2.45, 2.75) is 32.2 Å². The van der Waals surface area contributed by atoms with Gasteiger partial charge in [-0.15, -0.1) is 0 Å². The number of thioether (sulfide) groups is 1. The number of hydrogen-bond acceptors (Lipinski definition) is 5. The number of aliphatic hydroxyl groups is 1. The van der Waals surface area contributed by atoms with Crippen LogP contribution in [0.4, 0.5) is 0 Å². The molecule has 16 heavy (non-hydrogen) atoms. The largest absolute Gasteiger partial charge is 0.469 e. The van der Waals surface area contributed by atoms with Gasteiger partial charge < -0.3 is 15.2 Å². The fourth-order valence-corrected chi connectivity index (χ4v) is 2.28. The van der Waals surface area contributed by atoms with E-state index in [1.54, 1.807) is 11.8 Å². The third-order valence-corrected chi connectivity index (χ3v) is 3.29. The Balaban J connectivity index is 3.54. The van der Waals surface area contributed by atoms with Gasteiger partial charge in [-0.1, -0.05) is 6.92 Å². The summed E-state index contributed by atoms with van der Waals surface area (Å²) in [5.41, 5.74) is 0. The zero-order chi connectivity index (χ0) is 12.2. The molecule has 0 bridgehead atoms. The van der Waals surface area contributed by atoms with Crippen molar-refractivity contribution in [3.63, 3.8) is 0 Å². The first-order chi connectivity index (χ1) is 7.74. The molecule has 0 radical (unpaired) electrons. The molecule has 0 heterocycles. The van der Waals surface area contributed by atoms with Gasteiger partial charge in [0.25, 0.3) is 0 Å². The van der Waals surface area contributed by atoms with Crippen LogP contribution in [0.15, 0.2) is 0 Å². The van der Waals surface area contributed by atoms with Gasteiger partial charge in [-0.3, -0.25) is 4.79 Å². The van der Waals surface area contributed by atoms with Crippen molar-refractivity contribution in [1.29, 1.82) is 0 Å². The average Bonchev–Trinajstić information content (AvgIpc) is 2.30. The molecule has 0 aliphatic carbocycles. The molecular weight excluding hydrogens is 226 g/mol. The summed E-state index contributed by atoms with van der Waals surface area (Å²) in [5, 5.41) is 12.3. The van der Waals surface area contributed by atoms with E-state index in [2.05, 4.69) is 17.0 Å². The maximum absolute atomic E-state index is 10.9. The normalized spacial score (nSPS) is 12.4. The van der Waals surface area contributed by atoms with E-state index in [1.165, 1.54) is 7.11 Å². The van der Waals surface area contributed by atoms with E-state index in [9.17, 15) is 4.79 Å². The first-order valence-electron chi connectivity index (χ1n) is 5.73.